The van der Waals surface area contributed by atoms with Crippen molar-refractivity contribution >= 4 is 27.5 Å². The van der Waals surface area contributed by atoms with Crippen LogP contribution in [0, 0.1) is 12.8 Å². The van der Waals surface area contributed by atoms with E-state index < -0.39 is 28.5 Å². The second kappa shape index (κ2) is 14.7. The van der Waals surface area contributed by atoms with Crippen LogP contribution in [0.25, 0.3) is 0 Å². The summed E-state index contributed by atoms with van der Waals surface area (Å²) in [6, 6.07) is 19.4. The van der Waals surface area contributed by atoms with E-state index in [0.717, 1.165) is 15.4 Å². The Bertz CT molecular complexity index is 1440. The number of hydrogen-bond acceptors (Lipinski definition) is 6. The first kappa shape index (κ1) is 32.5. The maximum absolute atomic E-state index is 14.2. The highest BCUT2D eigenvalue weighted by atomic mass is 32.2. The molecule has 0 radical (unpaired) electrons. The molecule has 3 aromatic carbocycles. The van der Waals surface area contributed by atoms with E-state index in [9.17, 15) is 18.0 Å². The second-order valence-corrected chi connectivity index (χ2v) is 12.3. The number of ether oxygens (including phenoxy) is 2. The van der Waals surface area contributed by atoms with Crippen LogP contribution in [0.4, 0.5) is 5.69 Å². The molecule has 0 spiro atoms. The van der Waals surface area contributed by atoms with Gasteiger partial charge >= 0.3 is 0 Å². The number of carbonyl (C=O) groups is 2. The fourth-order valence-corrected chi connectivity index (χ4v) is 5.81. The van der Waals surface area contributed by atoms with Crippen molar-refractivity contribution in [1.82, 2.24) is 10.2 Å². The normalized spacial score (nSPS) is 12.0. The SMILES string of the molecule is CC[C@@H](C(=O)NCC(C)C)N(Cc1ccc(OC)cc1)C(=O)CN(c1cccc(OC)c1)S(=O)(=O)c1ccc(C)cc1. The summed E-state index contributed by atoms with van der Waals surface area (Å²) >= 11 is 0. The maximum Gasteiger partial charge on any atom is 0.264 e. The van der Waals surface area contributed by atoms with Crippen molar-refractivity contribution in [3.8, 4) is 11.5 Å². The highest BCUT2D eigenvalue weighted by Gasteiger charge is 2.33. The summed E-state index contributed by atoms with van der Waals surface area (Å²) in [5.41, 5.74) is 1.94. The summed E-state index contributed by atoms with van der Waals surface area (Å²) in [7, 11) is -1.11. The molecule has 1 N–H and O–H groups in total. The van der Waals surface area contributed by atoms with E-state index in [1.54, 1.807) is 55.6 Å². The predicted molar refractivity (Wildman–Crippen MR) is 164 cm³/mol. The summed E-state index contributed by atoms with van der Waals surface area (Å²) in [5.74, 6) is 0.518. The molecule has 10 heteroatoms. The van der Waals surface area contributed by atoms with Gasteiger partial charge in [-0.15, -0.1) is 0 Å². The lowest BCUT2D eigenvalue weighted by Crippen LogP contribution is -2.52. The number of nitrogens with zero attached hydrogens (tertiary/aromatic N) is 2. The van der Waals surface area contributed by atoms with E-state index in [1.165, 1.54) is 24.1 Å². The summed E-state index contributed by atoms with van der Waals surface area (Å²) < 4.78 is 39.7. The van der Waals surface area contributed by atoms with Crippen LogP contribution in [0.15, 0.2) is 77.7 Å². The van der Waals surface area contributed by atoms with Crippen LogP contribution in [0.1, 0.15) is 38.3 Å². The molecular weight excluding hydrogens is 554 g/mol. The molecule has 0 saturated heterocycles. The zero-order valence-electron chi connectivity index (χ0n) is 25.2. The van der Waals surface area contributed by atoms with E-state index in [4.69, 9.17) is 9.47 Å². The minimum Gasteiger partial charge on any atom is -0.497 e. The predicted octanol–water partition coefficient (Wildman–Crippen LogP) is 4.79. The first-order chi connectivity index (χ1) is 20.0. The standard InChI is InChI=1S/C32H41N3O6S/c1-7-30(32(37)33-20-23(2)3)34(21-25-13-15-27(40-5)16-14-25)31(36)22-35(26-9-8-10-28(19-26)41-6)42(38,39)29-17-11-24(4)12-18-29/h8-19,23,30H,7,20-22H2,1-6H3,(H,33,37)/t30-/m0/s1. The van der Waals surface area contributed by atoms with Crippen molar-refractivity contribution in [2.24, 2.45) is 5.92 Å². The first-order valence-corrected chi connectivity index (χ1v) is 15.4. The van der Waals surface area contributed by atoms with Crippen molar-refractivity contribution in [1.29, 1.82) is 0 Å². The lowest BCUT2D eigenvalue weighted by atomic mass is 10.1. The molecule has 1 atom stereocenters. The van der Waals surface area contributed by atoms with Gasteiger partial charge in [0.2, 0.25) is 11.8 Å². The Labute approximate surface area is 249 Å². The van der Waals surface area contributed by atoms with Gasteiger partial charge in [0.05, 0.1) is 24.8 Å². The average Bonchev–Trinajstić information content (AvgIpc) is 2.99. The van der Waals surface area contributed by atoms with Crippen LogP contribution in [0.5, 0.6) is 11.5 Å². The summed E-state index contributed by atoms with van der Waals surface area (Å²) in [4.78, 5) is 29.0. The number of aryl methyl sites for hydroxylation is 1. The lowest BCUT2D eigenvalue weighted by molar-refractivity contribution is -0.140. The van der Waals surface area contributed by atoms with Gasteiger partial charge in [-0.1, -0.05) is 56.7 Å². The summed E-state index contributed by atoms with van der Waals surface area (Å²) in [6.45, 7) is 7.72. The van der Waals surface area contributed by atoms with Crippen LogP contribution < -0.4 is 19.1 Å². The number of benzene rings is 3. The topological polar surface area (TPSA) is 105 Å². The Balaban J connectivity index is 2.06. The Morgan fingerprint density at radius 2 is 1.55 bits per heavy atom. The van der Waals surface area contributed by atoms with E-state index >= 15 is 0 Å². The highest BCUT2D eigenvalue weighted by molar-refractivity contribution is 7.92. The molecule has 0 aromatic heterocycles. The van der Waals surface area contributed by atoms with Crippen LogP contribution in [-0.2, 0) is 26.2 Å². The number of sulfonamides is 1. The largest absolute Gasteiger partial charge is 0.497 e. The van der Waals surface area contributed by atoms with Crippen molar-refractivity contribution in [3.63, 3.8) is 0 Å². The van der Waals surface area contributed by atoms with E-state index in [0.29, 0.717) is 24.5 Å². The molecule has 0 fully saturated rings. The molecule has 3 rings (SSSR count). The molecule has 2 amide bonds. The number of methoxy groups -OCH3 is 2. The first-order valence-electron chi connectivity index (χ1n) is 13.9. The molecule has 0 unspecified atom stereocenters. The molecule has 0 aliphatic carbocycles. The number of rotatable bonds is 14. The number of hydrogen-bond donors (Lipinski definition) is 1. The molecular formula is C32H41N3O6S. The molecule has 0 bridgehead atoms. The fraction of sp³-hybridized carbons (Fsp3) is 0.375. The van der Waals surface area contributed by atoms with Crippen LogP contribution in [0.2, 0.25) is 0 Å². The third kappa shape index (κ3) is 8.25. The van der Waals surface area contributed by atoms with Gasteiger partial charge in [-0.2, -0.15) is 0 Å². The Hall–Kier alpha value is -4.05. The highest BCUT2D eigenvalue weighted by Crippen LogP contribution is 2.28. The minimum atomic E-state index is -4.17. The smallest absolute Gasteiger partial charge is 0.264 e. The van der Waals surface area contributed by atoms with Gasteiger partial charge in [0.25, 0.3) is 10.0 Å². The minimum absolute atomic E-state index is 0.0483. The Morgan fingerprint density at radius 3 is 2.12 bits per heavy atom. The zero-order valence-corrected chi connectivity index (χ0v) is 26.0. The van der Waals surface area contributed by atoms with E-state index in [1.807, 2.05) is 39.8 Å². The molecule has 42 heavy (non-hydrogen) atoms. The number of amides is 2. The Kier molecular flexibility index (Phi) is 11.4. The molecule has 0 aliphatic rings. The summed E-state index contributed by atoms with van der Waals surface area (Å²) in [6.07, 6.45) is 0.343. The van der Waals surface area contributed by atoms with E-state index in [2.05, 4.69) is 5.32 Å². The van der Waals surface area contributed by atoms with Gasteiger partial charge in [-0.05, 0) is 61.2 Å². The van der Waals surface area contributed by atoms with Gasteiger partial charge in [-0.25, -0.2) is 8.42 Å². The monoisotopic (exact) mass is 595 g/mol. The quantitative estimate of drug-likeness (QED) is 0.288. The molecule has 0 aliphatic heterocycles. The van der Waals surface area contributed by atoms with Crippen molar-refractivity contribution < 1.29 is 27.5 Å². The van der Waals surface area contributed by atoms with Gasteiger partial charge in [0, 0.05) is 19.2 Å². The lowest BCUT2D eigenvalue weighted by Gasteiger charge is -2.33. The van der Waals surface area contributed by atoms with Crippen molar-refractivity contribution in [3.05, 3.63) is 83.9 Å². The average molecular weight is 596 g/mol. The van der Waals surface area contributed by atoms with Gasteiger partial charge in [-0.3, -0.25) is 13.9 Å². The third-order valence-corrected chi connectivity index (χ3v) is 8.60. The molecule has 0 heterocycles. The molecule has 3 aromatic rings. The molecule has 9 nitrogen and oxygen atoms in total. The summed E-state index contributed by atoms with van der Waals surface area (Å²) in [5, 5.41) is 2.93. The van der Waals surface area contributed by atoms with Crippen molar-refractivity contribution in [2.75, 3.05) is 31.6 Å². The third-order valence-electron chi connectivity index (χ3n) is 6.81. The van der Waals surface area contributed by atoms with Crippen LogP contribution >= 0.6 is 0 Å². The Morgan fingerprint density at radius 1 is 0.905 bits per heavy atom. The zero-order chi connectivity index (χ0) is 30.9. The van der Waals surface area contributed by atoms with Crippen LogP contribution in [0.3, 0.4) is 0 Å². The van der Waals surface area contributed by atoms with E-state index in [-0.39, 0.29) is 29.0 Å². The molecule has 0 saturated carbocycles. The van der Waals surface area contributed by atoms with Gasteiger partial charge in [0.15, 0.2) is 0 Å². The van der Waals surface area contributed by atoms with Gasteiger partial charge in [0.1, 0.15) is 24.1 Å². The number of nitrogens with one attached hydrogen (secondary N) is 1. The number of anilines is 1. The molecule has 226 valence electrons. The maximum atomic E-state index is 14.2. The van der Waals surface area contributed by atoms with Crippen LogP contribution in [-0.4, -0.2) is 58.5 Å². The van der Waals surface area contributed by atoms with Gasteiger partial charge < -0.3 is 19.7 Å². The van der Waals surface area contributed by atoms with Crippen molar-refractivity contribution in [2.45, 2.75) is 51.6 Å². The number of carbonyl (C=O) groups excluding carboxylic acids is 2. The fourth-order valence-electron chi connectivity index (χ4n) is 4.40. The second-order valence-electron chi connectivity index (χ2n) is 10.5.